The summed E-state index contributed by atoms with van der Waals surface area (Å²) >= 11 is 0. The Balaban J connectivity index is 1.14. The minimum Gasteiger partial charge on any atom is -0.478 e. The molecule has 5 saturated carbocycles. The number of hydrogen-bond acceptors (Lipinski definition) is 3. The molecule has 0 spiro atoms. The Morgan fingerprint density at radius 3 is 2.12 bits per heavy atom. The molecule has 0 aliphatic heterocycles. The van der Waals surface area contributed by atoms with Gasteiger partial charge in [0, 0.05) is 12.1 Å². The lowest BCUT2D eigenvalue weighted by Gasteiger charge is -2.72. The first-order valence-electron chi connectivity index (χ1n) is 20.5. The monoisotopic (exact) mass is 686 g/mol. The van der Waals surface area contributed by atoms with Crippen LogP contribution in [-0.4, -0.2) is 52.7 Å². The van der Waals surface area contributed by atoms with Gasteiger partial charge in [-0.2, -0.15) is 0 Å². The number of amides is 2. The molecule has 3 N–H and O–H groups in total. The lowest BCUT2D eigenvalue weighted by atomic mass is 9.33. The summed E-state index contributed by atoms with van der Waals surface area (Å²) in [5.41, 5.74) is 3.58. The summed E-state index contributed by atoms with van der Waals surface area (Å²) in [6.45, 7) is 22.8. The van der Waals surface area contributed by atoms with E-state index in [2.05, 4.69) is 77.0 Å². The Morgan fingerprint density at radius 2 is 1.50 bits per heavy atom. The van der Waals surface area contributed by atoms with E-state index < -0.39 is 5.97 Å². The van der Waals surface area contributed by atoms with Gasteiger partial charge in [-0.15, -0.1) is 0 Å². The average molecular weight is 686 g/mol. The Bertz CT molecular complexity index is 1510. The number of carbonyl (C=O) groups is 2. The average Bonchev–Trinajstić information content (AvgIpc) is 3.73. The van der Waals surface area contributed by atoms with Crippen molar-refractivity contribution in [3.63, 3.8) is 0 Å². The number of carboxylic acids is 1. The second-order valence-electron chi connectivity index (χ2n) is 19.3. The van der Waals surface area contributed by atoms with E-state index in [-0.39, 0.29) is 38.8 Å². The molecule has 0 aromatic heterocycles. The van der Waals surface area contributed by atoms with Crippen LogP contribution < -0.4 is 10.6 Å². The van der Waals surface area contributed by atoms with Gasteiger partial charge in [-0.25, -0.2) is 9.59 Å². The molecule has 0 radical (unpaired) electrons. The Morgan fingerprint density at radius 1 is 0.800 bits per heavy atom. The van der Waals surface area contributed by atoms with E-state index in [1.807, 2.05) is 12.1 Å². The largest absolute Gasteiger partial charge is 0.478 e. The van der Waals surface area contributed by atoms with Crippen LogP contribution in [0.2, 0.25) is 0 Å². The normalized spacial score (nSPS) is 40.8. The van der Waals surface area contributed by atoms with Crippen molar-refractivity contribution in [2.45, 2.75) is 144 Å². The number of rotatable bonds is 9. The van der Waals surface area contributed by atoms with Gasteiger partial charge in [0.05, 0.1) is 11.1 Å². The highest BCUT2D eigenvalue weighted by molar-refractivity contribution is 5.88. The summed E-state index contributed by atoms with van der Waals surface area (Å²) in [6.07, 6.45) is 16.8. The molecular formula is C44H67N3O3. The molecule has 1 aromatic carbocycles. The predicted octanol–water partition coefficient (Wildman–Crippen LogP) is 9.80. The van der Waals surface area contributed by atoms with E-state index in [9.17, 15) is 14.7 Å². The molecule has 2 amide bonds. The van der Waals surface area contributed by atoms with Crippen LogP contribution in [0.4, 0.5) is 4.79 Å². The fraction of sp³-hybridized carbons (Fsp3) is 0.773. The molecule has 9 atom stereocenters. The molecule has 7 rings (SSSR count). The maximum Gasteiger partial charge on any atom is 0.335 e. The van der Waals surface area contributed by atoms with E-state index in [0.717, 1.165) is 51.7 Å². The number of benzene rings is 1. The van der Waals surface area contributed by atoms with E-state index in [1.54, 1.807) is 12.1 Å². The fourth-order valence-corrected chi connectivity index (χ4v) is 14.2. The first-order valence-corrected chi connectivity index (χ1v) is 20.5. The maximum atomic E-state index is 14.0. The van der Waals surface area contributed by atoms with Crippen molar-refractivity contribution in [2.24, 2.45) is 51.2 Å². The molecule has 0 bridgehead atoms. The highest BCUT2D eigenvalue weighted by Gasteiger charge is 2.70. The minimum absolute atomic E-state index is 0.0127. The van der Waals surface area contributed by atoms with Crippen LogP contribution in [0.5, 0.6) is 0 Å². The van der Waals surface area contributed by atoms with Crippen molar-refractivity contribution in [1.29, 1.82) is 0 Å². The second kappa shape index (κ2) is 12.4. The number of allylic oxidation sites excluding steroid dienone is 2. The molecule has 6 aliphatic carbocycles. The van der Waals surface area contributed by atoms with Gasteiger partial charge < -0.3 is 20.6 Å². The van der Waals surface area contributed by atoms with Gasteiger partial charge in [0.25, 0.3) is 0 Å². The van der Waals surface area contributed by atoms with Crippen LogP contribution in [0.1, 0.15) is 148 Å². The molecule has 50 heavy (non-hydrogen) atoms. The summed E-state index contributed by atoms with van der Waals surface area (Å²) in [5, 5.41) is 16.8. The number of carboxylic acid groups (broad SMARTS) is 1. The topological polar surface area (TPSA) is 81.7 Å². The Kier molecular flexibility index (Phi) is 8.92. The predicted molar refractivity (Wildman–Crippen MR) is 203 cm³/mol. The summed E-state index contributed by atoms with van der Waals surface area (Å²) in [4.78, 5) is 28.0. The number of likely N-dealkylation sites (N-methyl/N-ethyl adjacent to an activating group) is 1. The molecule has 6 aliphatic rings. The van der Waals surface area contributed by atoms with Crippen molar-refractivity contribution < 1.29 is 14.7 Å². The minimum atomic E-state index is -0.865. The van der Waals surface area contributed by atoms with Gasteiger partial charge >= 0.3 is 12.0 Å². The second-order valence-corrected chi connectivity index (χ2v) is 19.3. The number of nitrogens with one attached hydrogen (secondary N) is 2. The first kappa shape index (κ1) is 36.0. The van der Waals surface area contributed by atoms with Gasteiger partial charge in [-0.3, -0.25) is 0 Å². The Hall–Kier alpha value is -2.34. The third kappa shape index (κ3) is 5.33. The third-order valence-electron chi connectivity index (χ3n) is 17.1. The highest BCUT2D eigenvalue weighted by atomic mass is 16.4. The van der Waals surface area contributed by atoms with Gasteiger partial charge in [-0.05, 0) is 158 Å². The van der Waals surface area contributed by atoms with Crippen LogP contribution in [0, 0.1) is 51.2 Å². The zero-order valence-corrected chi connectivity index (χ0v) is 32.6. The number of carbonyl (C=O) groups excluding carboxylic acids is 1. The van der Waals surface area contributed by atoms with Crippen molar-refractivity contribution in [3.05, 3.63) is 41.5 Å². The van der Waals surface area contributed by atoms with E-state index in [4.69, 9.17) is 0 Å². The molecule has 6 nitrogen and oxygen atoms in total. The zero-order valence-electron chi connectivity index (χ0n) is 32.6. The number of fused-ring (bicyclic) bond motifs is 7. The van der Waals surface area contributed by atoms with Gasteiger partial charge in [-0.1, -0.05) is 80.0 Å². The number of hydrogen-bond donors (Lipinski definition) is 3. The van der Waals surface area contributed by atoms with E-state index in [1.165, 1.54) is 56.1 Å². The SMILES string of the molecule is CC[C@@H]1CC[C@]2(NC(=O)NC3(CN(CC)CC)CC3)CC[C@]3(C)[C@H](CC[C@@H]4[C@@]5(C)CC=C(c6ccc(C(=O)O)cc6)C(C)(C)[C@@H]5CC[C@]43C)[C@@H]12. The van der Waals surface area contributed by atoms with Crippen LogP contribution in [0.15, 0.2) is 30.3 Å². The quantitative estimate of drug-likeness (QED) is 0.242. The standard InChI is InChI=1S/C44H67N3O3/c1-9-29-18-23-44(46-38(50)45-43(25-26-43)28-47(10-2)11-3)27-24-41(7)33(36(29)44)16-17-35-40(6)21-19-32(30-12-14-31(15-13-30)37(48)49)39(4,5)34(40)20-22-42(35,41)8/h12-15,19,29,33-36H,9-11,16-18,20-28H2,1-8H3,(H,48,49)(H2,45,46,50)/t29-,33-,34+,35-,36-,40+,41-,42-,44+/m1/s1. The van der Waals surface area contributed by atoms with Gasteiger partial charge in [0.15, 0.2) is 0 Å². The number of aromatic carboxylic acids is 1. The fourth-order valence-electron chi connectivity index (χ4n) is 14.2. The molecule has 276 valence electrons. The van der Waals surface area contributed by atoms with Crippen molar-refractivity contribution >= 4 is 17.6 Å². The summed E-state index contributed by atoms with van der Waals surface area (Å²) in [6, 6.07) is 7.70. The van der Waals surface area contributed by atoms with Crippen LogP contribution in [0.3, 0.4) is 0 Å². The van der Waals surface area contributed by atoms with Crippen LogP contribution in [0.25, 0.3) is 5.57 Å². The van der Waals surface area contributed by atoms with E-state index in [0.29, 0.717) is 35.2 Å². The van der Waals surface area contributed by atoms with Crippen molar-refractivity contribution in [2.75, 3.05) is 19.6 Å². The summed E-state index contributed by atoms with van der Waals surface area (Å²) in [5.74, 6) is 2.27. The molecule has 6 heteroatoms. The molecule has 1 aromatic rings. The lowest BCUT2D eigenvalue weighted by molar-refractivity contribution is -0.219. The van der Waals surface area contributed by atoms with E-state index >= 15 is 0 Å². The van der Waals surface area contributed by atoms with Gasteiger partial charge in [0.1, 0.15) is 0 Å². The molecule has 0 saturated heterocycles. The number of nitrogens with zero attached hydrogens (tertiary/aromatic N) is 1. The molecular weight excluding hydrogens is 619 g/mol. The lowest BCUT2D eigenvalue weighted by Crippen LogP contribution is -2.69. The summed E-state index contributed by atoms with van der Waals surface area (Å²) < 4.78 is 0. The third-order valence-corrected chi connectivity index (χ3v) is 17.1. The smallest absolute Gasteiger partial charge is 0.335 e. The molecule has 5 fully saturated rings. The number of urea groups is 1. The van der Waals surface area contributed by atoms with Gasteiger partial charge in [0.2, 0.25) is 0 Å². The summed E-state index contributed by atoms with van der Waals surface area (Å²) in [7, 11) is 0. The van der Waals surface area contributed by atoms with Crippen molar-refractivity contribution in [3.8, 4) is 0 Å². The maximum absolute atomic E-state index is 14.0. The highest BCUT2D eigenvalue weighted by Crippen LogP contribution is 2.76. The van der Waals surface area contributed by atoms with Crippen LogP contribution >= 0.6 is 0 Å². The molecule has 0 unspecified atom stereocenters. The van der Waals surface area contributed by atoms with Crippen molar-refractivity contribution in [1.82, 2.24) is 15.5 Å². The molecule has 0 heterocycles. The first-order chi connectivity index (χ1) is 23.6. The Labute approximate surface area is 303 Å². The van der Waals surface area contributed by atoms with Crippen LogP contribution in [-0.2, 0) is 0 Å². The zero-order chi connectivity index (χ0) is 35.9.